The van der Waals surface area contributed by atoms with Gasteiger partial charge in [-0.2, -0.15) is 0 Å². The standard InChI is InChI=1S/C18H16ClN/c1-3-13-7-6-8-14(11-13)17-12-20(2)18(19)16-10-5-4-9-15(16)17/h1,4-11,17-18H,12H2,2H3. The number of nitrogens with zero attached hydrogens (tertiary/aromatic N) is 1. The largest absolute Gasteiger partial charge is 0.286 e. The maximum absolute atomic E-state index is 6.50. The quantitative estimate of drug-likeness (QED) is 0.434. The Labute approximate surface area is 125 Å². The number of likely N-dealkylation sites (N-methyl/N-ethyl adjacent to an activating group) is 1. The predicted octanol–water partition coefficient (Wildman–Crippen LogP) is 3.98. The van der Waals surface area contributed by atoms with E-state index < -0.39 is 0 Å². The van der Waals surface area contributed by atoms with Gasteiger partial charge in [-0.15, -0.1) is 18.0 Å². The van der Waals surface area contributed by atoms with Crippen LogP contribution in [0.2, 0.25) is 0 Å². The number of hydrogen-bond acceptors (Lipinski definition) is 1. The van der Waals surface area contributed by atoms with Crippen LogP contribution in [0.4, 0.5) is 0 Å². The normalized spacial score (nSPS) is 22.1. The number of alkyl halides is 1. The first-order valence-electron chi connectivity index (χ1n) is 6.70. The summed E-state index contributed by atoms with van der Waals surface area (Å²) in [5.74, 6) is 3.03. The van der Waals surface area contributed by atoms with Gasteiger partial charge in [0.15, 0.2) is 0 Å². The Morgan fingerprint density at radius 2 is 1.90 bits per heavy atom. The Morgan fingerprint density at radius 3 is 2.65 bits per heavy atom. The highest BCUT2D eigenvalue weighted by Crippen LogP contribution is 2.40. The van der Waals surface area contributed by atoms with Gasteiger partial charge in [-0.1, -0.05) is 42.3 Å². The zero-order valence-corrected chi connectivity index (χ0v) is 12.1. The van der Waals surface area contributed by atoms with E-state index in [-0.39, 0.29) is 5.50 Å². The second kappa shape index (κ2) is 5.32. The highest BCUT2D eigenvalue weighted by molar-refractivity contribution is 6.20. The van der Waals surface area contributed by atoms with Crippen molar-refractivity contribution in [2.75, 3.05) is 13.6 Å². The first-order valence-corrected chi connectivity index (χ1v) is 7.14. The topological polar surface area (TPSA) is 3.24 Å². The van der Waals surface area contributed by atoms with Crippen molar-refractivity contribution in [1.29, 1.82) is 0 Å². The lowest BCUT2D eigenvalue weighted by atomic mass is 9.84. The van der Waals surface area contributed by atoms with Crippen LogP contribution in [0.25, 0.3) is 0 Å². The van der Waals surface area contributed by atoms with E-state index in [1.807, 2.05) is 18.2 Å². The van der Waals surface area contributed by atoms with Crippen LogP contribution in [0.5, 0.6) is 0 Å². The van der Waals surface area contributed by atoms with Crippen molar-refractivity contribution in [2.45, 2.75) is 11.4 Å². The molecule has 1 heterocycles. The molecule has 2 heteroatoms. The minimum Gasteiger partial charge on any atom is -0.286 e. The van der Waals surface area contributed by atoms with E-state index in [0.717, 1.165) is 12.1 Å². The van der Waals surface area contributed by atoms with Crippen LogP contribution >= 0.6 is 11.6 Å². The average molecular weight is 282 g/mol. The van der Waals surface area contributed by atoms with E-state index in [0.29, 0.717) is 5.92 Å². The Bertz CT molecular complexity index is 671. The fourth-order valence-electron chi connectivity index (χ4n) is 2.89. The van der Waals surface area contributed by atoms with Crippen LogP contribution in [0.15, 0.2) is 48.5 Å². The maximum Gasteiger partial charge on any atom is 0.111 e. The summed E-state index contributed by atoms with van der Waals surface area (Å²) < 4.78 is 0. The van der Waals surface area contributed by atoms with Gasteiger partial charge in [-0.05, 0) is 35.9 Å². The van der Waals surface area contributed by atoms with Crippen LogP contribution in [0.1, 0.15) is 33.7 Å². The molecule has 1 aliphatic heterocycles. The third kappa shape index (κ3) is 2.22. The monoisotopic (exact) mass is 281 g/mol. The van der Waals surface area contributed by atoms with Crippen LogP contribution in [-0.2, 0) is 0 Å². The summed E-state index contributed by atoms with van der Waals surface area (Å²) in [7, 11) is 2.06. The molecule has 0 amide bonds. The van der Waals surface area contributed by atoms with Crippen molar-refractivity contribution in [3.8, 4) is 12.3 Å². The van der Waals surface area contributed by atoms with Gasteiger partial charge in [0.2, 0.25) is 0 Å². The molecular weight excluding hydrogens is 266 g/mol. The lowest BCUT2D eigenvalue weighted by molar-refractivity contribution is 0.281. The van der Waals surface area contributed by atoms with Gasteiger partial charge < -0.3 is 0 Å². The molecule has 2 atom stereocenters. The molecule has 1 aliphatic rings. The second-order valence-electron chi connectivity index (χ2n) is 5.23. The van der Waals surface area contributed by atoms with Crippen molar-refractivity contribution in [3.05, 3.63) is 70.8 Å². The first kappa shape index (κ1) is 13.2. The molecule has 3 rings (SSSR count). The molecule has 0 saturated heterocycles. The number of halogens is 1. The number of benzene rings is 2. The number of hydrogen-bond donors (Lipinski definition) is 0. The van der Waals surface area contributed by atoms with Crippen LogP contribution in [-0.4, -0.2) is 18.5 Å². The number of terminal acetylenes is 1. The van der Waals surface area contributed by atoms with E-state index in [2.05, 4.69) is 48.2 Å². The van der Waals surface area contributed by atoms with Crippen molar-refractivity contribution in [1.82, 2.24) is 4.90 Å². The first-order chi connectivity index (χ1) is 9.70. The summed E-state index contributed by atoms with van der Waals surface area (Å²) in [6.07, 6.45) is 5.51. The molecule has 0 radical (unpaired) electrons. The van der Waals surface area contributed by atoms with Crippen molar-refractivity contribution < 1.29 is 0 Å². The third-order valence-corrected chi connectivity index (χ3v) is 4.51. The Kier molecular flexibility index (Phi) is 3.53. The predicted molar refractivity (Wildman–Crippen MR) is 83.9 cm³/mol. The van der Waals surface area contributed by atoms with Crippen LogP contribution in [0.3, 0.4) is 0 Å². The molecule has 2 aromatic carbocycles. The Morgan fingerprint density at radius 1 is 1.15 bits per heavy atom. The minimum absolute atomic E-state index is 0.0572. The smallest absolute Gasteiger partial charge is 0.111 e. The van der Waals surface area contributed by atoms with Gasteiger partial charge in [-0.3, -0.25) is 4.90 Å². The third-order valence-electron chi connectivity index (χ3n) is 3.94. The molecule has 0 N–H and O–H groups in total. The zero-order chi connectivity index (χ0) is 14.1. The molecule has 0 saturated carbocycles. The molecule has 0 aromatic heterocycles. The number of fused-ring (bicyclic) bond motifs is 1. The minimum atomic E-state index is -0.0572. The summed E-state index contributed by atoms with van der Waals surface area (Å²) >= 11 is 6.50. The Balaban J connectivity index is 2.10. The fraction of sp³-hybridized carbons (Fsp3) is 0.222. The molecule has 1 nitrogen and oxygen atoms in total. The van der Waals surface area contributed by atoms with Crippen molar-refractivity contribution in [3.63, 3.8) is 0 Å². The molecule has 100 valence electrons. The van der Waals surface area contributed by atoms with Crippen LogP contribution < -0.4 is 0 Å². The lowest BCUT2D eigenvalue weighted by Crippen LogP contribution is -2.32. The fourth-order valence-corrected chi connectivity index (χ4v) is 3.17. The van der Waals surface area contributed by atoms with E-state index in [1.54, 1.807) is 0 Å². The molecular formula is C18H16ClN. The van der Waals surface area contributed by atoms with Crippen molar-refractivity contribution in [2.24, 2.45) is 0 Å². The van der Waals surface area contributed by atoms with Crippen LogP contribution in [0, 0.1) is 12.3 Å². The lowest BCUT2D eigenvalue weighted by Gasteiger charge is -2.36. The van der Waals surface area contributed by atoms with Gasteiger partial charge >= 0.3 is 0 Å². The second-order valence-corrected chi connectivity index (χ2v) is 5.64. The SMILES string of the molecule is C#Cc1cccc(C2CN(C)C(Cl)c3ccccc32)c1. The van der Waals surface area contributed by atoms with Crippen molar-refractivity contribution >= 4 is 11.6 Å². The summed E-state index contributed by atoms with van der Waals surface area (Å²) in [6.45, 7) is 0.902. The van der Waals surface area contributed by atoms with E-state index in [4.69, 9.17) is 18.0 Å². The summed E-state index contributed by atoms with van der Waals surface area (Å²) in [5.41, 5.74) is 4.62. The van der Waals surface area contributed by atoms with Gasteiger partial charge in [0, 0.05) is 18.0 Å². The van der Waals surface area contributed by atoms with E-state index >= 15 is 0 Å². The molecule has 2 unspecified atom stereocenters. The summed E-state index contributed by atoms with van der Waals surface area (Å²) in [6, 6.07) is 16.6. The van der Waals surface area contributed by atoms with Gasteiger partial charge in [-0.25, -0.2) is 0 Å². The van der Waals surface area contributed by atoms with E-state index in [1.165, 1.54) is 16.7 Å². The summed E-state index contributed by atoms with van der Waals surface area (Å²) in [5, 5.41) is 0. The van der Waals surface area contributed by atoms with Gasteiger partial charge in [0.05, 0.1) is 0 Å². The zero-order valence-electron chi connectivity index (χ0n) is 11.4. The highest BCUT2D eigenvalue weighted by Gasteiger charge is 2.30. The van der Waals surface area contributed by atoms with Gasteiger partial charge in [0.1, 0.15) is 5.50 Å². The average Bonchev–Trinajstić information content (AvgIpc) is 2.51. The molecule has 0 spiro atoms. The molecule has 0 fully saturated rings. The highest BCUT2D eigenvalue weighted by atomic mass is 35.5. The summed E-state index contributed by atoms with van der Waals surface area (Å²) in [4.78, 5) is 2.18. The molecule has 2 aromatic rings. The van der Waals surface area contributed by atoms with Gasteiger partial charge in [0.25, 0.3) is 0 Å². The maximum atomic E-state index is 6.50. The molecule has 0 bridgehead atoms. The number of rotatable bonds is 1. The Hall–Kier alpha value is -1.75. The van der Waals surface area contributed by atoms with E-state index in [9.17, 15) is 0 Å². The molecule has 20 heavy (non-hydrogen) atoms. The molecule has 0 aliphatic carbocycles.